The number of carbonyl (C=O) groups is 1. The van der Waals surface area contributed by atoms with Crippen molar-refractivity contribution in [3.8, 4) is 0 Å². The van der Waals surface area contributed by atoms with E-state index in [9.17, 15) is 4.79 Å². The lowest BCUT2D eigenvalue weighted by atomic mass is 10.0. The summed E-state index contributed by atoms with van der Waals surface area (Å²) in [5.74, 6) is -0.0580. The molecule has 1 amide bonds. The second-order valence-electron chi connectivity index (χ2n) is 7.40. The van der Waals surface area contributed by atoms with Gasteiger partial charge in [0, 0.05) is 23.9 Å². The molecule has 0 saturated carbocycles. The highest BCUT2D eigenvalue weighted by Crippen LogP contribution is 2.20. The van der Waals surface area contributed by atoms with Crippen molar-refractivity contribution in [1.29, 1.82) is 0 Å². The number of ether oxygens (including phenoxy) is 2. The third-order valence-electron chi connectivity index (χ3n) is 3.52. The SMILES string of the molecule is CCCC(C)(C)OCC(C)(C)OCC(C)NC(=O)CCCN=[N+]=[N-]. The van der Waals surface area contributed by atoms with Crippen molar-refractivity contribution in [3.63, 3.8) is 0 Å². The van der Waals surface area contributed by atoms with Crippen molar-refractivity contribution in [1.82, 2.24) is 5.32 Å². The van der Waals surface area contributed by atoms with E-state index in [1.807, 2.05) is 20.8 Å². The van der Waals surface area contributed by atoms with Crippen LogP contribution in [0.2, 0.25) is 0 Å². The molecule has 24 heavy (non-hydrogen) atoms. The van der Waals surface area contributed by atoms with Crippen LogP contribution in [0.15, 0.2) is 5.11 Å². The highest BCUT2D eigenvalue weighted by molar-refractivity contribution is 5.76. The molecule has 0 aliphatic heterocycles. The number of carbonyl (C=O) groups excluding carboxylic acids is 1. The van der Waals surface area contributed by atoms with Crippen molar-refractivity contribution >= 4 is 5.91 Å². The van der Waals surface area contributed by atoms with Gasteiger partial charge in [-0.25, -0.2) is 0 Å². The van der Waals surface area contributed by atoms with Crippen LogP contribution in [-0.2, 0) is 14.3 Å². The number of hydrogen-bond donors (Lipinski definition) is 1. The van der Waals surface area contributed by atoms with Crippen molar-refractivity contribution in [2.45, 2.75) is 84.5 Å². The first-order chi connectivity index (χ1) is 11.1. The highest BCUT2D eigenvalue weighted by atomic mass is 16.6. The van der Waals surface area contributed by atoms with Gasteiger partial charge in [0.05, 0.1) is 24.4 Å². The molecule has 0 bridgehead atoms. The summed E-state index contributed by atoms with van der Waals surface area (Å²) in [5.41, 5.74) is 7.62. The third kappa shape index (κ3) is 12.2. The van der Waals surface area contributed by atoms with Gasteiger partial charge in [-0.15, -0.1) is 0 Å². The zero-order valence-electron chi connectivity index (χ0n) is 16.1. The van der Waals surface area contributed by atoms with Crippen molar-refractivity contribution < 1.29 is 14.3 Å². The largest absolute Gasteiger partial charge is 0.373 e. The van der Waals surface area contributed by atoms with Crippen molar-refractivity contribution in [3.05, 3.63) is 10.4 Å². The number of nitrogens with one attached hydrogen (secondary N) is 1. The van der Waals surface area contributed by atoms with Gasteiger partial charge in [-0.1, -0.05) is 18.5 Å². The lowest BCUT2D eigenvalue weighted by Crippen LogP contribution is -2.42. The number of nitrogens with zero attached hydrogens (tertiary/aromatic N) is 3. The fourth-order valence-corrected chi connectivity index (χ4v) is 2.18. The summed E-state index contributed by atoms with van der Waals surface area (Å²) in [6.45, 7) is 13.5. The highest BCUT2D eigenvalue weighted by Gasteiger charge is 2.25. The molecule has 1 N–H and O–H groups in total. The number of hydrogen-bond acceptors (Lipinski definition) is 4. The second-order valence-corrected chi connectivity index (χ2v) is 7.40. The zero-order chi connectivity index (χ0) is 18.6. The molecule has 0 rings (SSSR count). The third-order valence-corrected chi connectivity index (χ3v) is 3.52. The Morgan fingerprint density at radius 3 is 2.50 bits per heavy atom. The normalized spacial score (nSPS) is 13.2. The van der Waals surface area contributed by atoms with E-state index in [0.717, 1.165) is 12.8 Å². The lowest BCUT2D eigenvalue weighted by molar-refractivity contribution is -0.130. The maximum atomic E-state index is 11.7. The molecule has 0 saturated heterocycles. The predicted octanol–water partition coefficient (Wildman–Crippen LogP) is 3.97. The van der Waals surface area contributed by atoms with Gasteiger partial charge in [-0.3, -0.25) is 4.79 Å². The smallest absolute Gasteiger partial charge is 0.220 e. The van der Waals surface area contributed by atoms with Crippen LogP contribution in [0, 0.1) is 0 Å². The zero-order valence-corrected chi connectivity index (χ0v) is 16.1. The van der Waals surface area contributed by atoms with Crippen LogP contribution in [0.1, 0.15) is 67.2 Å². The number of rotatable bonds is 13. The van der Waals surface area contributed by atoms with Crippen LogP contribution in [0.4, 0.5) is 0 Å². The van der Waals surface area contributed by atoms with E-state index in [-0.39, 0.29) is 17.6 Å². The molecule has 1 atom stereocenters. The maximum Gasteiger partial charge on any atom is 0.220 e. The van der Waals surface area contributed by atoms with E-state index in [2.05, 4.69) is 36.1 Å². The molecule has 7 heteroatoms. The van der Waals surface area contributed by atoms with E-state index in [1.165, 1.54) is 0 Å². The number of amides is 1. The summed E-state index contributed by atoms with van der Waals surface area (Å²) >= 11 is 0. The molecule has 0 aliphatic rings. The summed E-state index contributed by atoms with van der Waals surface area (Å²) < 4.78 is 11.9. The molecule has 0 aromatic carbocycles. The first-order valence-electron chi connectivity index (χ1n) is 8.70. The van der Waals surface area contributed by atoms with E-state index in [4.69, 9.17) is 15.0 Å². The molecule has 0 aliphatic carbocycles. The molecule has 0 spiro atoms. The molecule has 140 valence electrons. The van der Waals surface area contributed by atoms with Crippen LogP contribution in [-0.4, -0.2) is 42.9 Å². The van der Waals surface area contributed by atoms with Crippen molar-refractivity contribution in [2.24, 2.45) is 5.11 Å². The second kappa shape index (κ2) is 11.3. The fourth-order valence-electron chi connectivity index (χ4n) is 2.18. The van der Waals surface area contributed by atoms with Crippen LogP contribution < -0.4 is 5.32 Å². The first kappa shape index (κ1) is 22.7. The minimum Gasteiger partial charge on any atom is -0.373 e. The Bertz CT molecular complexity index is 418. The van der Waals surface area contributed by atoms with E-state index >= 15 is 0 Å². The van der Waals surface area contributed by atoms with Crippen LogP contribution in [0.3, 0.4) is 0 Å². The Morgan fingerprint density at radius 1 is 1.25 bits per heavy atom. The quantitative estimate of drug-likeness (QED) is 0.237. The summed E-state index contributed by atoms with van der Waals surface area (Å²) in [4.78, 5) is 14.4. The van der Waals surface area contributed by atoms with E-state index in [0.29, 0.717) is 32.6 Å². The standard InChI is InChI=1S/C17H34N4O3/c1-7-10-16(3,4)24-13-17(5,6)23-12-14(2)20-15(22)9-8-11-19-21-18/h14H,7-13H2,1-6H3,(H,20,22). The molecule has 0 heterocycles. The van der Waals surface area contributed by atoms with Gasteiger partial charge >= 0.3 is 0 Å². The Balaban J connectivity index is 4.07. The Morgan fingerprint density at radius 2 is 1.92 bits per heavy atom. The molecule has 0 aromatic rings. The monoisotopic (exact) mass is 342 g/mol. The van der Waals surface area contributed by atoms with E-state index < -0.39 is 5.60 Å². The minimum absolute atomic E-state index is 0.0580. The molecule has 0 aromatic heterocycles. The summed E-state index contributed by atoms with van der Waals surface area (Å²) in [6, 6.07) is -0.0834. The number of azide groups is 1. The summed E-state index contributed by atoms with van der Waals surface area (Å²) in [7, 11) is 0. The average molecular weight is 342 g/mol. The summed E-state index contributed by atoms with van der Waals surface area (Å²) in [6.07, 6.45) is 2.98. The summed E-state index contributed by atoms with van der Waals surface area (Å²) in [5, 5.41) is 6.29. The average Bonchev–Trinajstić information content (AvgIpc) is 2.48. The maximum absolute atomic E-state index is 11.7. The van der Waals surface area contributed by atoms with Crippen molar-refractivity contribution in [2.75, 3.05) is 19.8 Å². The van der Waals surface area contributed by atoms with Gasteiger partial charge in [0.2, 0.25) is 5.91 Å². The topological polar surface area (TPSA) is 96.3 Å². The van der Waals surface area contributed by atoms with E-state index in [1.54, 1.807) is 0 Å². The van der Waals surface area contributed by atoms with Gasteiger partial charge in [0.15, 0.2) is 0 Å². The van der Waals surface area contributed by atoms with Crippen LogP contribution in [0.5, 0.6) is 0 Å². The van der Waals surface area contributed by atoms with Gasteiger partial charge in [-0.05, 0) is 53.0 Å². The predicted molar refractivity (Wildman–Crippen MR) is 95.8 cm³/mol. The van der Waals surface area contributed by atoms with Gasteiger partial charge in [-0.2, -0.15) is 0 Å². The van der Waals surface area contributed by atoms with Gasteiger partial charge in [0.25, 0.3) is 0 Å². The van der Waals surface area contributed by atoms with Gasteiger partial charge < -0.3 is 14.8 Å². The fraction of sp³-hybridized carbons (Fsp3) is 0.941. The first-order valence-corrected chi connectivity index (χ1v) is 8.70. The Hall–Kier alpha value is -1.30. The molecule has 7 nitrogen and oxygen atoms in total. The lowest BCUT2D eigenvalue weighted by Gasteiger charge is -2.32. The van der Waals surface area contributed by atoms with Gasteiger partial charge in [0.1, 0.15) is 0 Å². The van der Waals surface area contributed by atoms with Crippen LogP contribution >= 0.6 is 0 Å². The Labute approximate surface area is 146 Å². The molecule has 0 radical (unpaired) electrons. The molecular formula is C17H34N4O3. The molecular weight excluding hydrogens is 308 g/mol. The minimum atomic E-state index is -0.411. The Kier molecular flexibility index (Phi) is 10.7. The van der Waals surface area contributed by atoms with Crippen LogP contribution in [0.25, 0.3) is 10.4 Å². The molecule has 1 unspecified atom stereocenters. The molecule has 0 fully saturated rings.